The minimum atomic E-state index is -0.214. The Morgan fingerprint density at radius 2 is 1.57 bits per heavy atom. The van der Waals surface area contributed by atoms with Gasteiger partial charge in [0.15, 0.2) is 0 Å². The van der Waals surface area contributed by atoms with Crippen LogP contribution in [0.25, 0.3) is 0 Å². The van der Waals surface area contributed by atoms with E-state index in [1.54, 1.807) is 6.21 Å². The van der Waals surface area contributed by atoms with Gasteiger partial charge in [-0.05, 0) is 53.6 Å². The maximum Gasteiger partial charge on any atom is 0.254 e. The van der Waals surface area contributed by atoms with Crippen molar-refractivity contribution in [2.75, 3.05) is 0 Å². The third kappa shape index (κ3) is 2.83. The molecule has 0 spiro atoms. The summed E-state index contributed by atoms with van der Waals surface area (Å²) in [6.45, 7) is 0.504. The molecule has 2 aromatic carbocycles. The molecular formula is C23H20N2O3. The fourth-order valence-electron chi connectivity index (χ4n) is 4.52. The van der Waals surface area contributed by atoms with Crippen LogP contribution in [0.15, 0.2) is 71.9 Å². The Hall–Kier alpha value is -3.21. The van der Waals surface area contributed by atoms with Crippen LogP contribution >= 0.6 is 0 Å². The first-order chi connectivity index (χ1) is 13.7. The first-order valence-corrected chi connectivity index (χ1v) is 9.57. The second kappa shape index (κ2) is 6.75. The van der Waals surface area contributed by atoms with Crippen LogP contribution in [0.5, 0.6) is 5.75 Å². The van der Waals surface area contributed by atoms with Crippen molar-refractivity contribution in [1.29, 1.82) is 0 Å². The molecule has 4 atom stereocenters. The van der Waals surface area contributed by atoms with Crippen LogP contribution < -0.4 is 4.74 Å². The second-order valence-electron chi connectivity index (χ2n) is 7.58. The van der Waals surface area contributed by atoms with Crippen molar-refractivity contribution in [3.05, 3.63) is 77.9 Å². The topological polar surface area (TPSA) is 59.0 Å². The Kier molecular flexibility index (Phi) is 4.08. The second-order valence-corrected chi connectivity index (χ2v) is 7.58. The smallest absolute Gasteiger partial charge is 0.254 e. The molecule has 1 aliphatic heterocycles. The van der Waals surface area contributed by atoms with Crippen molar-refractivity contribution in [1.82, 2.24) is 5.01 Å². The van der Waals surface area contributed by atoms with Crippen molar-refractivity contribution < 1.29 is 14.3 Å². The van der Waals surface area contributed by atoms with Gasteiger partial charge >= 0.3 is 0 Å². The molecule has 5 heteroatoms. The summed E-state index contributed by atoms with van der Waals surface area (Å²) in [6.07, 6.45) is 6.65. The number of nitrogens with zero attached hydrogens (tertiary/aromatic N) is 2. The van der Waals surface area contributed by atoms with Gasteiger partial charge in [-0.25, -0.2) is 0 Å². The number of hydrazone groups is 1. The average molecular weight is 372 g/mol. The lowest BCUT2D eigenvalue weighted by Gasteiger charge is -2.13. The Morgan fingerprint density at radius 3 is 2.21 bits per heavy atom. The zero-order valence-electron chi connectivity index (χ0n) is 15.3. The van der Waals surface area contributed by atoms with Crippen molar-refractivity contribution in [2.45, 2.75) is 13.0 Å². The third-order valence-corrected chi connectivity index (χ3v) is 5.90. The fourth-order valence-corrected chi connectivity index (χ4v) is 4.52. The summed E-state index contributed by atoms with van der Waals surface area (Å²) < 4.78 is 5.77. The van der Waals surface area contributed by atoms with E-state index in [1.165, 1.54) is 0 Å². The number of imide groups is 1. The molecule has 0 N–H and O–H groups in total. The Morgan fingerprint density at radius 1 is 0.929 bits per heavy atom. The van der Waals surface area contributed by atoms with Crippen molar-refractivity contribution in [3.8, 4) is 5.75 Å². The van der Waals surface area contributed by atoms with E-state index >= 15 is 0 Å². The number of allylic oxidation sites excluding steroid dienone is 2. The number of rotatable bonds is 5. The van der Waals surface area contributed by atoms with E-state index in [4.69, 9.17) is 4.74 Å². The van der Waals surface area contributed by atoms with Gasteiger partial charge in [-0.15, -0.1) is 0 Å². The monoisotopic (exact) mass is 372 g/mol. The number of ether oxygens (including phenoxy) is 1. The van der Waals surface area contributed by atoms with Crippen LogP contribution in [-0.2, 0) is 16.2 Å². The third-order valence-electron chi connectivity index (χ3n) is 5.90. The van der Waals surface area contributed by atoms with E-state index in [1.807, 2.05) is 54.6 Å². The summed E-state index contributed by atoms with van der Waals surface area (Å²) in [4.78, 5) is 25.2. The average Bonchev–Trinajstić information content (AvgIpc) is 3.41. The molecule has 2 aromatic rings. The molecule has 1 saturated heterocycles. The normalized spacial score (nSPS) is 27.8. The van der Waals surface area contributed by atoms with Crippen LogP contribution in [-0.4, -0.2) is 23.0 Å². The lowest BCUT2D eigenvalue weighted by molar-refractivity contribution is -0.140. The van der Waals surface area contributed by atoms with E-state index < -0.39 is 0 Å². The van der Waals surface area contributed by atoms with Gasteiger partial charge in [-0.2, -0.15) is 10.1 Å². The summed E-state index contributed by atoms with van der Waals surface area (Å²) in [5, 5.41) is 5.27. The summed E-state index contributed by atoms with van der Waals surface area (Å²) in [6, 6.07) is 17.4. The highest BCUT2D eigenvalue weighted by Crippen LogP contribution is 2.52. The lowest BCUT2D eigenvalue weighted by atomic mass is 9.85. The van der Waals surface area contributed by atoms with Crippen LogP contribution in [0.4, 0.5) is 0 Å². The Bertz CT molecular complexity index is 935. The number of carbonyl (C=O) groups excluding carboxylic acids is 2. The first-order valence-electron chi connectivity index (χ1n) is 9.57. The minimum absolute atomic E-state index is 0.161. The maximum absolute atomic E-state index is 12.6. The van der Waals surface area contributed by atoms with Crippen LogP contribution in [0.1, 0.15) is 17.5 Å². The molecule has 3 aliphatic rings. The van der Waals surface area contributed by atoms with Gasteiger partial charge in [0.1, 0.15) is 12.4 Å². The molecular weight excluding hydrogens is 352 g/mol. The van der Waals surface area contributed by atoms with E-state index in [-0.39, 0.29) is 35.5 Å². The lowest BCUT2D eigenvalue weighted by Crippen LogP contribution is -2.28. The van der Waals surface area contributed by atoms with Gasteiger partial charge in [0.25, 0.3) is 11.8 Å². The summed E-state index contributed by atoms with van der Waals surface area (Å²) in [7, 11) is 0. The number of benzene rings is 2. The summed E-state index contributed by atoms with van der Waals surface area (Å²) in [5.41, 5.74) is 1.92. The fraction of sp³-hybridized carbons (Fsp3) is 0.261. The predicted molar refractivity (Wildman–Crippen MR) is 104 cm³/mol. The first kappa shape index (κ1) is 16.9. The Balaban J connectivity index is 1.23. The molecule has 2 fully saturated rings. The van der Waals surface area contributed by atoms with E-state index in [0.717, 1.165) is 28.3 Å². The molecule has 0 aromatic heterocycles. The number of amides is 2. The van der Waals surface area contributed by atoms with E-state index in [9.17, 15) is 9.59 Å². The quantitative estimate of drug-likeness (QED) is 0.459. The molecule has 2 bridgehead atoms. The van der Waals surface area contributed by atoms with Gasteiger partial charge < -0.3 is 4.74 Å². The summed E-state index contributed by atoms with van der Waals surface area (Å²) >= 11 is 0. The molecule has 0 unspecified atom stereocenters. The highest BCUT2D eigenvalue weighted by atomic mass is 16.5. The van der Waals surface area contributed by atoms with Crippen molar-refractivity contribution in [3.63, 3.8) is 0 Å². The van der Waals surface area contributed by atoms with Gasteiger partial charge in [-0.1, -0.05) is 42.5 Å². The summed E-state index contributed by atoms with van der Waals surface area (Å²) in [5.74, 6) is 0.408. The van der Waals surface area contributed by atoms with Crippen LogP contribution in [0.2, 0.25) is 0 Å². The largest absolute Gasteiger partial charge is 0.489 e. The van der Waals surface area contributed by atoms with Crippen molar-refractivity contribution >= 4 is 18.0 Å². The maximum atomic E-state index is 12.6. The Labute approximate surface area is 163 Å². The predicted octanol–water partition coefficient (Wildman–Crippen LogP) is 3.41. The van der Waals surface area contributed by atoms with Crippen molar-refractivity contribution in [2.24, 2.45) is 28.8 Å². The highest BCUT2D eigenvalue weighted by Gasteiger charge is 2.59. The molecule has 2 amide bonds. The SMILES string of the molecule is O=C1[C@@H]2[C@H](C(=O)N1N=Cc1ccc(OCc3ccccc3)cc1)[C@H]1C=C[C@H]2C1. The molecule has 28 heavy (non-hydrogen) atoms. The minimum Gasteiger partial charge on any atom is -0.489 e. The molecule has 0 radical (unpaired) electrons. The zero-order valence-corrected chi connectivity index (χ0v) is 15.3. The molecule has 1 heterocycles. The molecule has 2 aliphatic carbocycles. The van der Waals surface area contributed by atoms with Crippen LogP contribution in [0.3, 0.4) is 0 Å². The molecule has 1 saturated carbocycles. The standard InChI is InChI=1S/C23H20N2O3/c26-22-20-17-8-9-18(12-17)21(20)23(27)25(22)24-13-15-6-10-19(11-7-15)28-14-16-4-2-1-3-5-16/h1-11,13,17-18,20-21H,12,14H2/t17-,18-,20-,21+/m0/s1. The van der Waals surface area contributed by atoms with Gasteiger partial charge in [-0.3, -0.25) is 9.59 Å². The van der Waals surface area contributed by atoms with E-state index in [0.29, 0.717) is 6.61 Å². The van der Waals surface area contributed by atoms with Crippen LogP contribution in [0, 0.1) is 23.7 Å². The number of hydrogen-bond acceptors (Lipinski definition) is 4. The zero-order chi connectivity index (χ0) is 19.1. The van der Waals surface area contributed by atoms with Gasteiger partial charge in [0.05, 0.1) is 18.1 Å². The van der Waals surface area contributed by atoms with Gasteiger partial charge in [0, 0.05) is 0 Å². The van der Waals surface area contributed by atoms with E-state index in [2.05, 4.69) is 17.3 Å². The number of fused-ring (bicyclic) bond motifs is 5. The molecule has 5 rings (SSSR count). The highest BCUT2D eigenvalue weighted by molar-refractivity contribution is 6.06. The van der Waals surface area contributed by atoms with Gasteiger partial charge in [0.2, 0.25) is 0 Å². The molecule has 140 valence electrons. The number of hydrogen-bond donors (Lipinski definition) is 0. The number of carbonyl (C=O) groups is 2. The molecule has 5 nitrogen and oxygen atoms in total.